The lowest BCUT2D eigenvalue weighted by Gasteiger charge is -2.34. The van der Waals surface area contributed by atoms with Gasteiger partial charge in [0, 0.05) is 12.2 Å². The van der Waals surface area contributed by atoms with Gasteiger partial charge in [0.1, 0.15) is 5.82 Å². The molecule has 2 heterocycles. The van der Waals surface area contributed by atoms with Gasteiger partial charge in [-0.05, 0) is 49.1 Å². The average Bonchev–Trinajstić information content (AvgIpc) is 3.32. The van der Waals surface area contributed by atoms with Crippen molar-refractivity contribution in [2.75, 3.05) is 5.32 Å². The zero-order valence-electron chi connectivity index (χ0n) is 21.0. The van der Waals surface area contributed by atoms with Crippen LogP contribution in [-0.2, 0) is 19.1 Å². The molecule has 1 aliphatic heterocycles. The van der Waals surface area contributed by atoms with Crippen molar-refractivity contribution in [2.24, 2.45) is 0 Å². The van der Waals surface area contributed by atoms with Gasteiger partial charge in [-0.3, -0.25) is 9.36 Å². The number of alkyl halides is 3. The topological polar surface area (TPSA) is 67.2 Å². The molecule has 38 heavy (non-hydrogen) atoms. The Morgan fingerprint density at radius 2 is 1.79 bits per heavy atom. The highest BCUT2D eigenvalue weighted by Crippen LogP contribution is 2.38. The molecule has 2 atom stereocenters. The monoisotopic (exact) mass is 520 g/mol. The third-order valence-electron chi connectivity index (χ3n) is 7.15. The number of halogens is 3. The summed E-state index contributed by atoms with van der Waals surface area (Å²) in [5.41, 5.74) is 0.750. The highest BCUT2D eigenvalue weighted by Gasteiger charge is 2.39. The minimum atomic E-state index is -4.69. The molecule has 3 aromatic carbocycles. The normalized spacial score (nSPS) is 15.8. The molecule has 2 amide bonds. The zero-order chi connectivity index (χ0) is 27.0. The predicted molar refractivity (Wildman–Crippen MR) is 140 cm³/mol. The number of hydrogen-bond acceptors (Lipinski definition) is 3. The number of carbonyl (C=O) groups is 1. The van der Waals surface area contributed by atoms with Crippen molar-refractivity contribution in [1.82, 2.24) is 14.5 Å². The summed E-state index contributed by atoms with van der Waals surface area (Å²) in [7, 11) is 0. The first-order chi connectivity index (χ1) is 18.2. The van der Waals surface area contributed by atoms with Crippen molar-refractivity contribution in [3.05, 3.63) is 106 Å². The molecule has 0 bridgehead atoms. The molecule has 0 spiro atoms. The first-order valence-electron chi connectivity index (χ1n) is 12.5. The molecular formula is C29H27F3N4O2. The summed E-state index contributed by atoms with van der Waals surface area (Å²) in [4.78, 5) is 33.4. The van der Waals surface area contributed by atoms with E-state index in [0.29, 0.717) is 12.1 Å². The maximum absolute atomic E-state index is 13.9. The highest BCUT2D eigenvalue weighted by molar-refractivity contribution is 5.91. The van der Waals surface area contributed by atoms with Crippen LogP contribution in [0.1, 0.15) is 54.9 Å². The van der Waals surface area contributed by atoms with Crippen LogP contribution < -0.4 is 10.9 Å². The Kier molecular flexibility index (Phi) is 6.69. The van der Waals surface area contributed by atoms with Crippen LogP contribution in [0.3, 0.4) is 0 Å². The Morgan fingerprint density at radius 1 is 1.08 bits per heavy atom. The van der Waals surface area contributed by atoms with Crippen molar-refractivity contribution in [3.8, 4) is 0 Å². The molecule has 6 nitrogen and oxygen atoms in total. The van der Waals surface area contributed by atoms with E-state index < -0.39 is 34.8 Å². The van der Waals surface area contributed by atoms with Gasteiger partial charge in [0.15, 0.2) is 0 Å². The molecule has 5 rings (SSSR count). The molecular weight excluding hydrogens is 493 g/mol. The SMILES string of the molecule is CCc1ccccc1NC(=O)N([C@@H](C)c1ccccc1)[C@H]1CCn2c1nc1cccc(C(F)(F)F)c1c2=O. The number of fused-ring (bicyclic) bond motifs is 2. The second kappa shape index (κ2) is 9.96. The van der Waals surface area contributed by atoms with Crippen LogP contribution in [0.25, 0.3) is 10.9 Å². The Morgan fingerprint density at radius 3 is 2.50 bits per heavy atom. The summed E-state index contributed by atoms with van der Waals surface area (Å²) < 4.78 is 42.3. The smallest absolute Gasteiger partial charge is 0.308 e. The zero-order valence-corrected chi connectivity index (χ0v) is 21.0. The third kappa shape index (κ3) is 4.53. The Bertz CT molecular complexity index is 1550. The highest BCUT2D eigenvalue weighted by atomic mass is 19.4. The summed E-state index contributed by atoms with van der Waals surface area (Å²) in [6.07, 6.45) is -3.62. The van der Waals surface area contributed by atoms with E-state index in [1.165, 1.54) is 16.7 Å². The molecule has 0 saturated heterocycles. The lowest BCUT2D eigenvalue weighted by molar-refractivity contribution is -0.136. The Hall–Kier alpha value is -4.14. The molecule has 0 unspecified atom stereocenters. The van der Waals surface area contributed by atoms with Gasteiger partial charge in [-0.25, -0.2) is 9.78 Å². The van der Waals surface area contributed by atoms with E-state index in [9.17, 15) is 22.8 Å². The van der Waals surface area contributed by atoms with Gasteiger partial charge in [0.2, 0.25) is 0 Å². The van der Waals surface area contributed by atoms with Gasteiger partial charge in [0.05, 0.1) is 28.6 Å². The fourth-order valence-corrected chi connectivity index (χ4v) is 5.24. The van der Waals surface area contributed by atoms with E-state index in [2.05, 4.69) is 10.3 Å². The van der Waals surface area contributed by atoms with Crippen LogP contribution in [0, 0.1) is 0 Å². The number of carbonyl (C=O) groups excluding carboxylic acids is 1. The summed E-state index contributed by atoms with van der Waals surface area (Å²) in [5, 5.41) is 2.57. The van der Waals surface area contributed by atoms with E-state index in [4.69, 9.17) is 0 Å². The molecule has 4 aromatic rings. The second-order valence-electron chi connectivity index (χ2n) is 9.36. The van der Waals surface area contributed by atoms with Crippen molar-refractivity contribution < 1.29 is 18.0 Å². The number of nitrogens with zero attached hydrogens (tertiary/aromatic N) is 3. The Balaban J connectivity index is 1.62. The van der Waals surface area contributed by atoms with Crippen LogP contribution in [0.5, 0.6) is 0 Å². The predicted octanol–water partition coefficient (Wildman–Crippen LogP) is 6.72. The van der Waals surface area contributed by atoms with Crippen molar-refractivity contribution in [1.29, 1.82) is 0 Å². The van der Waals surface area contributed by atoms with Crippen LogP contribution in [-0.4, -0.2) is 20.5 Å². The van der Waals surface area contributed by atoms with Crippen LogP contribution >= 0.6 is 0 Å². The van der Waals surface area contributed by atoms with Crippen LogP contribution in [0.2, 0.25) is 0 Å². The summed E-state index contributed by atoms with van der Waals surface area (Å²) in [5.74, 6) is 0.281. The third-order valence-corrected chi connectivity index (χ3v) is 7.15. The lowest BCUT2D eigenvalue weighted by Crippen LogP contribution is -2.40. The molecule has 0 aliphatic carbocycles. The summed E-state index contributed by atoms with van der Waals surface area (Å²) >= 11 is 0. The molecule has 1 aromatic heterocycles. The van der Waals surface area contributed by atoms with E-state index in [-0.39, 0.29) is 23.9 Å². The fraction of sp³-hybridized carbons (Fsp3) is 0.276. The number of aromatic nitrogens is 2. The van der Waals surface area contributed by atoms with Crippen LogP contribution in [0.15, 0.2) is 77.6 Å². The fourth-order valence-electron chi connectivity index (χ4n) is 5.24. The number of nitrogens with one attached hydrogen (secondary N) is 1. The number of anilines is 1. The van der Waals surface area contributed by atoms with Gasteiger partial charge in [-0.1, -0.05) is 61.5 Å². The molecule has 196 valence electrons. The van der Waals surface area contributed by atoms with Gasteiger partial charge in [-0.2, -0.15) is 13.2 Å². The average molecular weight is 521 g/mol. The molecule has 1 aliphatic rings. The Labute approximate surface area is 217 Å². The van der Waals surface area contributed by atoms with Crippen molar-refractivity contribution in [3.63, 3.8) is 0 Å². The van der Waals surface area contributed by atoms with E-state index in [1.54, 1.807) is 4.90 Å². The maximum atomic E-state index is 13.9. The second-order valence-corrected chi connectivity index (χ2v) is 9.36. The van der Waals surface area contributed by atoms with Gasteiger partial charge >= 0.3 is 12.2 Å². The number of amides is 2. The molecule has 0 fully saturated rings. The number of para-hydroxylation sites is 1. The summed E-state index contributed by atoms with van der Waals surface area (Å²) in [6, 6.07) is 19.1. The van der Waals surface area contributed by atoms with Crippen molar-refractivity contribution in [2.45, 2.75) is 51.5 Å². The standard InChI is InChI=1S/C29H27F3N4O2/c1-3-19-10-7-8-14-22(19)34-28(38)36(18(2)20-11-5-4-6-12-20)24-16-17-35-26(24)33-23-15-9-13-21(29(30,31)32)25(23)27(35)37/h4-15,18,24H,3,16-17H2,1-2H3,(H,34,38)/t18-,24-/m0/s1. The number of aryl methyl sites for hydroxylation is 1. The van der Waals surface area contributed by atoms with Gasteiger partial charge < -0.3 is 10.2 Å². The first kappa shape index (κ1) is 25.5. The lowest BCUT2D eigenvalue weighted by atomic mass is 10.0. The van der Waals surface area contributed by atoms with E-state index in [1.807, 2.05) is 68.4 Å². The van der Waals surface area contributed by atoms with Crippen molar-refractivity contribution >= 4 is 22.6 Å². The minimum Gasteiger partial charge on any atom is -0.308 e. The van der Waals surface area contributed by atoms with Gasteiger partial charge in [-0.15, -0.1) is 0 Å². The molecule has 9 heteroatoms. The number of benzene rings is 3. The molecule has 0 saturated carbocycles. The number of rotatable bonds is 5. The van der Waals surface area contributed by atoms with Gasteiger partial charge in [0.25, 0.3) is 5.56 Å². The number of hydrogen-bond donors (Lipinski definition) is 1. The number of urea groups is 1. The largest absolute Gasteiger partial charge is 0.417 e. The molecule has 0 radical (unpaired) electrons. The van der Waals surface area contributed by atoms with Crippen LogP contribution in [0.4, 0.5) is 23.7 Å². The van der Waals surface area contributed by atoms with E-state index >= 15 is 0 Å². The van der Waals surface area contributed by atoms with E-state index in [0.717, 1.165) is 23.6 Å². The minimum absolute atomic E-state index is 0.0352. The maximum Gasteiger partial charge on any atom is 0.417 e. The quantitative estimate of drug-likeness (QED) is 0.318. The molecule has 1 N–H and O–H groups in total. The summed E-state index contributed by atoms with van der Waals surface area (Å²) in [6.45, 7) is 4.05. The first-order valence-corrected chi connectivity index (χ1v) is 12.5.